The van der Waals surface area contributed by atoms with Crippen LogP contribution < -0.4 is 10.6 Å². The van der Waals surface area contributed by atoms with Gasteiger partial charge in [-0.1, -0.05) is 18.2 Å². The second kappa shape index (κ2) is 5.16. The molecule has 0 saturated carbocycles. The summed E-state index contributed by atoms with van der Waals surface area (Å²) in [6.45, 7) is 0.793. The van der Waals surface area contributed by atoms with E-state index in [1.54, 1.807) is 6.20 Å². The Labute approximate surface area is 95.5 Å². The molecule has 2 aromatic rings. The zero-order valence-electron chi connectivity index (χ0n) is 9.27. The van der Waals surface area contributed by atoms with Crippen molar-refractivity contribution in [3.05, 3.63) is 54.2 Å². The molecule has 82 valence electrons. The lowest BCUT2D eigenvalue weighted by atomic mass is 10.2. The van der Waals surface area contributed by atoms with E-state index >= 15 is 0 Å². The predicted molar refractivity (Wildman–Crippen MR) is 67.6 cm³/mol. The molecule has 0 atom stereocenters. The first-order valence-electron chi connectivity index (χ1n) is 5.30. The third-order valence-electron chi connectivity index (χ3n) is 2.38. The normalized spacial score (nSPS) is 9.81. The molecule has 0 aliphatic carbocycles. The maximum atomic E-state index is 4.20. The Hall–Kier alpha value is -2.03. The van der Waals surface area contributed by atoms with Crippen molar-refractivity contribution in [3.63, 3.8) is 0 Å². The summed E-state index contributed by atoms with van der Waals surface area (Å²) >= 11 is 0. The van der Waals surface area contributed by atoms with Gasteiger partial charge in [0.1, 0.15) is 5.82 Å². The number of nitrogens with zero attached hydrogens (tertiary/aromatic N) is 1. The van der Waals surface area contributed by atoms with Crippen LogP contribution in [0.15, 0.2) is 48.7 Å². The molecular formula is C13H15N3. The highest BCUT2D eigenvalue weighted by Gasteiger charge is 1.94. The molecule has 2 rings (SSSR count). The van der Waals surface area contributed by atoms with Gasteiger partial charge in [-0.05, 0) is 29.8 Å². The van der Waals surface area contributed by atoms with Gasteiger partial charge in [-0.3, -0.25) is 0 Å². The van der Waals surface area contributed by atoms with Crippen LogP contribution in [0.25, 0.3) is 0 Å². The van der Waals surface area contributed by atoms with E-state index in [2.05, 4.69) is 39.9 Å². The highest BCUT2D eigenvalue weighted by Crippen LogP contribution is 2.10. The fraction of sp³-hybridized carbons (Fsp3) is 0.154. The first-order chi connectivity index (χ1) is 7.88. The molecule has 1 aromatic heterocycles. The summed E-state index contributed by atoms with van der Waals surface area (Å²) in [7, 11) is 1.92. The molecule has 0 fully saturated rings. The number of nitrogens with one attached hydrogen (secondary N) is 2. The molecule has 3 nitrogen and oxygen atoms in total. The van der Waals surface area contributed by atoms with Crippen molar-refractivity contribution < 1.29 is 0 Å². The first-order valence-corrected chi connectivity index (χ1v) is 5.30. The number of anilines is 2. The lowest BCUT2D eigenvalue weighted by Gasteiger charge is -2.06. The van der Waals surface area contributed by atoms with Gasteiger partial charge >= 0.3 is 0 Å². The Balaban J connectivity index is 1.94. The highest BCUT2D eigenvalue weighted by atomic mass is 15.0. The Morgan fingerprint density at radius 1 is 1.06 bits per heavy atom. The minimum absolute atomic E-state index is 0.793. The molecule has 0 bridgehead atoms. The van der Waals surface area contributed by atoms with Gasteiger partial charge in [0.05, 0.1) is 0 Å². The lowest BCUT2D eigenvalue weighted by molar-refractivity contribution is 1.11. The van der Waals surface area contributed by atoms with Gasteiger partial charge in [0, 0.05) is 25.5 Å². The molecule has 0 unspecified atom stereocenters. The number of hydrogen-bond acceptors (Lipinski definition) is 3. The zero-order valence-corrected chi connectivity index (χ0v) is 9.27. The van der Waals surface area contributed by atoms with Crippen molar-refractivity contribution in [3.8, 4) is 0 Å². The van der Waals surface area contributed by atoms with E-state index in [4.69, 9.17) is 0 Å². The number of rotatable bonds is 4. The maximum absolute atomic E-state index is 4.20. The molecule has 16 heavy (non-hydrogen) atoms. The third-order valence-corrected chi connectivity index (χ3v) is 2.38. The van der Waals surface area contributed by atoms with Crippen LogP contribution in [0.3, 0.4) is 0 Å². The average molecular weight is 213 g/mol. The summed E-state index contributed by atoms with van der Waals surface area (Å²) in [4.78, 5) is 4.20. The van der Waals surface area contributed by atoms with Gasteiger partial charge in [-0.25, -0.2) is 4.98 Å². The Morgan fingerprint density at radius 3 is 2.50 bits per heavy atom. The summed E-state index contributed by atoms with van der Waals surface area (Å²) in [5, 5.41) is 6.36. The summed E-state index contributed by atoms with van der Waals surface area (Å²) in [5.74, 6) is 0.903. The van der Waals surface area contributed by atoms with Gasteiger partial charge in [0.15, 0.2) is 0 Å². The van der Waals surface area contributed by atoms with E-state index in [-0.39, 0.29) is 0 Å². The van der Waals surface area contributed by atoms with Crippen LogP contribution in [0.2, 0.25) is 0 Å². The van der Waals surface area contributed by atoms with Crippen molar-refractivity contribution in [2.45, 2.75) is 6.54 Å². The summed E-state index contributed by atoms with van der Waals surface area (Å²) < 4.78 is 0. The van der Waals surface area contributed by atoms with Gasteiger partial charge in [-0.15, -0.1) is 0 Å². The molecule has 1 heterocycles. The average Bonchev–Trinajstić information content (AvgIpc) is 2.38. The van der Waals surface area contributed by atoms with Crippen LogP contribution in [-0.4, -0.2) is 12.0 Å². The SMILES string of the molecule is CNc1ccc(CNc2ccccn2)cc1. The fourth-order valence-corrected chi connectivity index (χ4v) is 1.45. The van der Waals surface area contributed by atoms with E-state index in [1.807, 2.05) is 25.2 Å². The second-order valence-corrected chi connectivity index (χ2v) is 3.52. The van der Waals surface area contributed by atoms with Crippen LogP contribution in [0.1, 0.15) is 5.56 Å². The number of benzene rings is 1. The van der Waals surface area contributed by atoms with Crippen LogP contribution in [0.5, 0.6) is 0 Å². The van der Waals surface area contributed by atoms with Crippen LogP contribution in [-0.2, 0) is 6.54 Å². The number of hydrogen-bond donors (Lipinski definition) is 2. The predicted octanol–water partition coefficient (Wildman–Crippen LogP) is 2.74. The summed E-state index contributed by atoms with van der Waals surface area (Å²) in [5.41, 5.74) is 2.37. The van der Waals surface area contributed by atoms with Gasteiger partial charge in [0.2, 0.25) is 0 Å². The van der Waals surface area contributed by atoms with E-state index in [1.165, 1.54) is 5.56 Å². The largest absolute Gasteiger partial charge is 0.388 e. The minimum atomic E-state index is 0.793. The van der Waals surface area contributed by atoms with E-state index in [9.17, 15) is 0 Å². The maximum Gasteiger partial charge on any atom is 0.126 e. The number of pyridine rings is 1. The molecule has 0 radical (unpaired) electrons. The van der Waals surface area contributed by atoms with Crippen LogP contribution in [0, 0.1) is 0 Å². The van der Waals surface area contributed by atoms with Crippen molar-refractivity contribution in [1.29, 1.82) is 0 Å². The smallest absolute Gasteiger partial charge is 0.126 e. The third kappa shape index (κ3) is 2.73. The quantitative estimate of drug-likeness (QED) is 0.820. The van der Waals surface area contributed by atoms with Gasteiger partial charge < -0.3 is 10.6 Å². The molecule has 3 heteroatoms. The summed E-state index contributed by atoms with van der Waals surface area (Å²) in [6, 6.07) is 14.2. The van der Waals surface area contributed by atoms with E-state index < -0.39 is 0 Å². The van der Waals surface area contributed by atoms with Gasteiger partial charge in [0.25, 0.3) is 0 Å². The lowest BCUT2D eigenvalue weighted by Crippen LogP contribution is -2.00. The molecule has 2 N–H and O–H groups in total. The Morgan fingerprint density at radius 2 is 1.88 bits per heavy atom. The molecule has 1 aromatic carbocycles. The standard InChI is InChI=1S/C13H15N3/c1-14-12-7-5-11(6-8-12)10-16-13-4-2-3-9-15-13/h2-9,14H,10H2,1H3,(H,15,16). The van der Waals surface area contributed by atoms with E-state index in [0.29, 0.717) is 0 Å². The topological polar surface area (TPSA) is 37.0 Å². The molecule has 0 aliphatic rings. The molecule has 0 saturated heterocycles. The Kier molecular flexibility index (Phi) is 3.38. The molecule has 0 amide bonds. The van der Waals surface area contributed by atoms with Crippen LogP contribution in [0.4, 0.5) is 11.5 Å². The molecule has 0 aliphatic heterocycles. The number of aromatic nitrogens is 1. The Bertz CT molecular complexity index is 423. The van der Waals surface area contributed by atoms with Gasteiger partial charge in [-0.2, -0.15) is 0 Å². The van der Waals surface area contributed by atoms with Crippen molar-refractivity contribution in [1.82, 2.24) is 4.98 Å². The van der Waals surface area contributed by atoms with Crippen molar-refractivity contribution in [2.75, 3.05) is 17.7 Å². The van der Waals surface area contributed by atoms with E-state index in [0.717, 1.165) is 18.1 Å². The van der Waals surface area contributed by atoms with Crippen molar-refractivity contribution in [2.24, 2.45) is 0 Å². The fourth-order valence-electron chi connectivity index (χ4n) is 1.45. The zero-order chi connectivity index (χ0) is 11.2. The first kappa shape index (κ1) is 10.5. The molecule has 0 spiro atoms. The van der Waals surface area contributed by atoms with Crippen LogP contribution >= 0.6 is 0 Å². The minimum Gasteiger partial charge on any atom is -0.388 e. The highest BCUT2D eigenvalue weighted by molar-refractivity contribution is 5.44. The second-order valence-electron chi connectivity index (χ2n) is 3.52. The molecular weight excluding hydrogens is 198 g/mol. The summed E-state index contributed by atoms with van der Waals surface area (Å²) in [6.07, 6.45) is 1.78. The monoisotopic (exact) mass is 213 g/mol. The van der Waals surface area contributed by atoms with Crippen molar-refractivity contribution >= 4 is 11.5 Å².